The summed E-state index contributed by atoms with van der Waals surface area (Å²) in [7, 11) is -1.66. The normalized spacial score (nSPS) is 34.8. The Balaban J connectivity index is 2.26. The molecule has 10 heavy (non-hydrogen) atoms. The lowest BCUT2D eigenvalue weighted by atomic mass is 10.2. The summed E-state index contributed by atoms with van der Waals surface area (Å²) in [5.74, 6) is -0.0192. The van der Waals surface area contributed by atoms with Gasteiger partial charge in [-0.1, -0.05) is 0 Å². The molecule has 6 heteroatoms. The van der Waals surface area contributed by atoms with Crippen LogP contribution in [0.4, 0.5) is 0 Å². The molecule has 0 aromatic heterocycles. The van der Waals surface area contributed by atoms with Crippen molar-refractivity contribution in [3.05, 3.63) is 0 Å². The number of hydrogen-bond acceptors (Lipinski definition) is 3. The summed E-state index contributed by atoms with van der Waals surface area (Å²) in [4.78, 5) is 8.26. The van der Waals surface area contributed by atoms with Crippen molar-refractivity contribution < 1.29 is 13.9 Å². The van der Waals surface area contributed by atoms with Crippen LogP contribution in [0.1, 0.15) is 0 Å². The van der Waals surface area contributed by atoms with Crippen molar-refractivity contribution in [1.82, 2.24) is 0 Å². The van der Waals surface area contributed by atoms with Gasteiger partial charge in [0, 0.05) is 5.92 Å². The number of halogens is 2. The van der Waals surface area contributed by atoms with Crippen LogP contribution in [0, 0.1) is 5.92 Å². The zero-order valence-corrected chi connectivity index (χ0v) is 7.44. The van der Waals surface area contributed by atoms with Crippen LogP contribution in [-0.4, -0.2) is 22.9 Å². The largest absolute Gasteiger partial charge is 0.329 e. The first kappa shape index (κ1) is 8.98. The van der Waals surface area contributed by atoms with E-state index in [0.717, 1.165) is 0 Å². The third kappa shape index (κ3) is 2.50. The van der Waals surface area contributed by atoms with E-state index in [2.05, 4.69) is 0 Å². The average Bonchev–Trinajstić information content (AvgIpc) is 1.88. The van der Waals surface area contributed by atoms with Gasteiger partial charge in [0.1, 0.15) is 4.84 Å². The van der Waals surface area contributed by atoms with Crippen LogP contribution in [-0.2, 0) is 9.05 Å². The summed E-state index contributed by atoms with van der Waals surface area (Å²) in [6.45, 7) is 0.750. The molecule has 1 fully saturated rings. The fourth-order valence-electron chi connectivity index (χ4n) is 0.550. The topological polar surface area (TPSA) is 38.7 Å². The van der Waals surface area contributed by atoms with Crippen molar-refractivity contribution >= 4 is 31.8 Å². The summed E-state index contributed by atoms with van der Waals surface area (Å²) in [6, 6.07) is 0. The van der Waals surface area contributed by atoms with Gasteiger partial charge < -0.3 is 13.9 Å². The van der Waals surface area contributed by atoms with E-state index in [-0.39, 0.29) is 5.92 Å². The van der Waals surface area contributed by atoms with Crippen molar-refractivity contribution in [1.29, 1.82) is 0 Å². The van der Waals surface area contributed by atoms with Gasteiger partial charge in [-0.3, -0.25) is 0 Å². The molecular formula is C4H7Cl2O3P. The van der Waals surface area contributed by atoms with E-state index < -0.39 is 13.4 Å². The molecule has 0 atom stereocenters. The maximum atomic E-state index is 8.74. The Bertz CT molecular complexity index is 105. The highest BCUT2D eigenvalue weighted by atomic mass is 35.5. The van der Waals surface area contributed by atoms with Gasteiger partial charge >= 0.3 is 8.60 Å². The third-order valence-electron chi connectivity index (χ3n) is 1.15. The van der Waals surface area contributed by atoms with Crippen molar-refractivity contribution in [2.24, 2.45) is 5.92 Å². The Morgan fingerprint density at radius 1 is 1.40 bits per heavy atom. The lowest BCUT2D eigenvalue weighted by Crippen LogP contribution is -2.24. The standard InChI is InChI=1S/C4H7Cl2O3P/c5-4(6)3-1-8-10(7)9-2-3/h3-4,7H,1-2H2. The maximum Gasteiger partial charge on any atom is 0.329 e. The van der Waals surface area contributed by atoms with Gasteiger partial charge in [0.2, 0.25) is 0 Å². The molecule has 1 saturated heterocycles. The van der Waals surface area contributed by atoms with Gasteiger partial charge in [0.05, 0.1) is 13.2 Å². The number of rotatable bonds is 1. The van der Waals surface area contributed by atoms with Gasteiger partial charge in [0.15, 0.2) is 0 Å². The monoisotopic (exact) mass is 204 g/mol. The average molecular weight is 205 g/mol. The van der Waals surface area contributed by atoms with E-state index in [1.54, 1.807) is 0 Å². The first-order chi connectivity index (χ1) is 4.70. The molecule has 1 heterocycles. The third-order valence-corrected chi connectivity index (χ3v) is 2.61. The van der Waals surface area contributed by atoms with Crippen LogP contribution in [0.25, 0.3) is 0 Å². The summed E-state index contributed by atoms with van der Waals surface area (Å²) >= 11 is 11.1. The van der Waals surface area contributed by atoms with Crippen LogP contribution in [0.5, 0.6) is 0 Å². The minimum atomic E-state index is -1.66. The van der Waals surface area contributed by atoms with Gasteiger partial charge in [-0.15, -0.1) is 23.2 Å². The molecule has 0 spiro atoms. The van der Waals surface area contributed by atoms with Gasteiger partial charge in [-0.05, 0) is 0 Å². The molecule has 0 aromatic carbocycles. The zero-order chi connectivity index (χ0) is 7.56. The Labute approximate surface area is 70.2 Å². The second-order valence-corrected chi connectivity index (χ2v) is 4.08. The van der Waals surface area contributed by atoms with Crippen molar-refractivity contribution in [3.8, 4) is 0 Å². The van der Waals surface area contributed by atoms with E-state index in [1.807, 2.05) is 0 Å². The minimum absolute atomic E-state index is 0.0192. The minimum Gasteiger partial charge on any atom is -0.328 e. The highest BCUT2D eigenvalue weighted by molar-refractivity contribution is 7.40. The van der Waals surface area contributed by atoms with Crippen LogP contribution >= 0.6 is 31.8 Å². The first-order valence-corrected chi connectivity index (χ1v) is 4.73. The van der Waals surface area contributed by atoms with E-state index in [9.17, 15) is 0 Å². The lowest BCUT2D eigenvalue weighted by molar-refractivity contribution is 0.0965. The molecule has 60 valence electrons. The molecule has 3 nitrogen and oxygen atoms in total. The number of alkyl halides is 2. The summed E-state index contributed by atoms with van der Waals surface area (Å²) < 4.78 is 9.56. The maximum absolute atomic E-state index is 8.74. The Morgan fingerprint density at radius 2 is 1.90 bits per heavy atom. The van der Waals surface area contributed by atoms with Crippen LogP contribution in [0.2, 0.25) is 0 Å². The second-order valence-electron chi connectivity index (χ2n) is 1.92. The Kier molecular flexibility index (Phi) is 3.64. The molecule has 0 radical (unpaired) electrons. The molecule has 0 aliphatic carbocycles. The van der Waals surface area contributed by atoms with E-state index in [4.69, 9.17) is 37.1 Å². The molecule has 0 aromatic rings. The SMILES string of the molecule is OP1OCC(C(Cl)Cl)CO1. The van der Waals surface area contributed by atoms with Crippen molar-refractivity contribution in [2.75, 3.05) is 13.2 Å². The molecule has 1 aliphatic heterocycles. The fourth-order valence-corrected chi connectivity index (χ4v) is 1.55. The number of hydrogen-bond donors (Lipinski definition) is 1. The Morgan fingerprint density at radius 3 is 2.30 bits per heavy atom. The first-order valence-electron chi connectivity index (χ1n) is 2.73. The molecule has 0 unspecified atom stereocenters. The van der Waals surface area contributed by atoms with Gasteiger partial charge in [0.25, 0.3) is 0 Å². The molecular weight excluding hydrogens is 198 g/mol. The predicted molar refractivity (Wildman–Crippen MR) is 40.0 cm³/mol. The molecule has 1 rings (SSSR count). The molecule has 0 saturated carbocycles. The summed E-state index contributed by atoms with van der Waals surface area (Å²) in [5, 5.41) is 0. The van der Waals surface area contributed by atoms with E-state index in [1.165, 1.54) is 0 Å². The fraction of sp³-hybridized carbons (Fsp3) is 1.00. The lowest BCUT2D eigenvalue weighted by Gasteiger charge is -2.24. The summed E-state index contributed by atoms with van der Waals surface area (Å²) in [5.41, 5.74) is 0. The van der Waals surface area contributed by atoms with Gasteiger partial charge in [-0.2, -0.15) is 0 Å². The predicted octanol–water partition coefficient (Wildman–Crippen LogP) is 1.67. The van der Waals surface area contributed by atoms with Crippen LogP contribution < -0.4 is 0 Å². The molecule has 1 N–H and O–H groups in total. The summed E-state index contributed by atoms with van der Waals surface area (Å²) in [6.07, 6.45) is 0. The van der Waals surface area contributed by atoms with Crippen LogP contribution in [0.3, 0.4) is 0 Å². The second kappa shape index (κ2) is 4.05. The smallest absolute Gasteiger partial charge is 0.328 e. The van der Waals surface area contributed by atoms with Crippen molar-refractivity contribution in [2.45, 2.75) is 4.84 Å². The molecule has 1 aliphatic rings. The highest BCUT2D eigenvalue weighted by Crippen LogP contribution is 2.39. The molecule has 0 bridgehead atoms. The molecule has 0 amide bonds. The zero-order valence-electron chi connectivity index (χ0n) is 5.04. The van der Waals surface area contributed by atoms with Crippen LogP contribution in [0.15, 0.2) is 0 Å². The van der Waals surface area contributed by atoms with E-state index >= 15 is 0 Å². The van der Waals surface area contributed by atoms with E-state index in [0.29, 0.717) is 13.2 Å². The Hall–Kier alpha value is 0.890. The van der Waals surface area contributed by atoms with Crippen molar-refractivity contribution in [3.63, 3.8) is 0 Å². The highest BCUT2D eigenvalue weighted by Gasteiger charge is 2.26. The quantitative estimate of drug-likeness (QED) is 0.522. The van der Waals surface area contributed by atoms with Gasteiger partial charge in [-0.25, -0.2) is 0 Å².